The second-order valence-corrected chi connectivity index (χ2v) is 13.1. The molecule has 0 radical (unpaired) electrons. The molecule has 5 heterocycles. The van der Waals surface area contributed by atoms with Crippen LogP contribution in [0.4, 0.5) is 0 Å². The summed E-state index contributed by atoms with van der Waals surface area (Å²) in [5.41, 5.74) is 8.12. The van der Waals surface area contributed by atoms with Crippen molar-refractivity contribution in [2.24, 2.45) is 0 Å². The molecule has 3 aromatic heterocycles. The highest BCUT2D eigenvalue weighted by molar-refractivity contribution is 6.13. The van der Waals surface area contributed by atoms with Crippen molar-refractivity contribution < 1.29 is 39.6 Å². The molecule has 2 aliphatic heterocycles. The van der Waals surface area contributed by atoms with Gasteiger partial charge in [0.1, 0.15) is 0 Å². The first kappa shape index (κ1) is 36.1. The first-order valence-corrected chi connectivity index (χ1v) is 16.5. The number of carboxylic acid groups (broad SMARTS) is 2. The molecule has 12 nitrogen and oxygen atoms in total. The van der Waals surface area contributed by atoms with Gasteiger partial charge in [0.25, 0.3) is 0 Å². The Morgan fingerprint density at radius 3 is 1.82 bits per heavy atom. The standard InChI is InChI=1S/C38H42N4O8/c1-15-23(9-11-29(47)48)27-14-28-24(10-12-30(49)50)16(2)35(41-28)33(21(7)45)38-32(20(6)44)18(4)36(42-38)34(22(8)46)37-31(19(5)43)17(3)26(40-37)13-25(15)39-27/h13-14,19-20,40-41,43-44H,9-12H2,1-8H3,(H,47,48)(H,49,50). The number of aliphatic hydroxyl groups is 2. The number of aromatic nitrogens is 4. The van der Waals surface area contributed by atoms with Gasteiger partial charge in [0.05, 0.1) is 57.1 Å². The number of aryl methyl sites for hydroxylation is 3. The first-order chi connectivity index (χ1) is 23.4. The molecule has 0 amide bonds. The van der Waals surface area contributed by atoms with Gasteiger partial charge in [0.15, 0.2) is 11.6 Å². The summed E-state index contributed by atoms with van der Waals surface area (Å²) in [5.74, 6) is -2.73. The van der Waals surface area contributed by atoms with Gasteiger partial charge in [0.2, 0.25) is 0 Å². The van der Waals surface area contributed by atoms with Gasteiger partial charge < -0.3 is 30.4 Å². The van der Waals surface area contributed by atoms with Crippen molar-refractivity contribution in [2.45, 2.75) is 93.3 Å². The summed E-state index contributed by atoms with van der Waals surface area (Å²) in [5, 5.41) is 41.3. The number of nitrogens with one attached hydrogen (secondary N) is 2. The number of carboxylic acids is 2. The maximum atomic E-state index is 13.6. The van der Waals surface area contributed by atoms with Crippen molar-refractivity contribution in [3.8, 4) is 0 Å². The van der Waals surface area contributed by atoms with Crippen molar-refractivity contribution in [1.29, 1.82) is 0 Å². The van der Waals surface area contributed by atoms with E-state index in [0.29, 0.717) is 72.4 Å². The van der Waals surface area contributed by atoms with E-state index in [1.807, 2.05) is 13.8 Å². The number of allylic oxidation sites excluding steroid dienone is 3. The summed E-state index contributed by atoms with van der Waals surface area (Å²) < 4.78 is 0. The first-order valence-electron chi connectivity index (χ1n) is 16.5. The van der Waals surface area contributed by atoms with Gasteiger partial charge >= 0.3 is 11.9 Å². The van der Waals surface area contributed by atoms with Crippen LogP contribution >= 0.6 is 0 Å². The fourth-order valence-corrected chi connectivity index (χ4v) is 7.21. The summed E-state index contributed by atoms with van der Waals surface area (Å²) in [6, 6.07) is 3.54. The molecule has 2 unspecified atom stereocenters. The fraction of sp³-hybridized carbons (Fsp3) is 0.368. The molecular formula is C38H42N4O8. The van der Waals surface area contributed by atoms with E-state index in [4.69, 9.17) is 9.97 Å². The molecule has 0 saturated carbocycles. The smallest absolute Gasteiger partial charge is 0.303 e. The number of H-pyrrole nitrogens is 2. The lowest BCUT2D eigenvalue weighted by molar-refractivity contribution is -0.137. The molecular weight excluding hydrogens is 640 g/mol. The number of nitrogens with zero attached hydrogens (tertiary/aromatic N) is 2. The van der Waals surface area contributed by atoms with Gasteiger partial charge in [-0.2, -0.15) is 0 Å². The molecule has 5 rings (SSSR count). The molecule has 0 aliphatic carbocycles. The van der Waals surface area contributed by atoms with E-state index in [-0.39, 0.29) is 59.8 Å². The molecule has 3 aromatic rings. The van der Waals surface area contributed by atoms with Crippen LogP contribution in [0.2, 0.25) is 0 Å². The second-order valence-electron chi connectivity index (χ2n) is 13.1. The maximum absolute atomic E-state index is 13.6. The Bertz CT molecular complexity index is 2230. The summed E-state index contributed by atoms with van der Waals surface area (Å²) in [6.45, 7) is 13.1. The summed E-state index contributed by atoms with van der Waals surface area (Å²) in [6.07, 6.45) is -2.16. The molecule has 0 fully saturated rings. The van der Waals surface area contributed by atoms with Gasteiger partial charge in [-0.3, -0.25) is 19.2 Å². The van der Waals surface area contributed by atoms with Crippen molar-refractivity contribution in [3.63, 3.8) is 0 Å². The topological polar surface area (TPSA) is 207 Å². The lowest BCUT2D eigenvalue weighted by Crippen LogP contribution is -2.08. The molecule has 50 heavy (non-hydrogen) atoms. The third kappa shape index (κ3) is 6.32. The van der Waals surface area contributed by atoms with E-state index >= 15 is 0 Å². The Hall–Kier alpha value is -5.20. The van der Waals surface area contributed by atoms with E-state index in [1.165, 1.54) is 13.8 Å². The van der Waals surface area contributed by atoms with Crippen LogP contribution in [-0.2, 0) is 16.0 Å². The predicted octanol–water partition coefficient (Wildman–Crippen LogP) is 6.51. The van der Waals surface area contributed by atoms with Crippen molar-refractivity contribution >= 4 is 67.9 Å². The normalized spacial score (nSPS) is 14.3. The maximum Gasteiger partial charge on any atom is 0.303 e. The highest BCUT2D eigenvalue weighted by atomic mass is 16.4. The Morgan fingerprint density at radius 1 is 0.700 bits per heavy atom. The Balaban J connectivity index is 2.14. The van der Waals surface area contributed by atoms with E-state index in [2.05, 4.69) is 9.97 Å². The predicted molar refractivity (Wildman–Crippen MR) is 191 cm³/mol. The summed E-state index contributed by atoms with van der Waals surface area (Å²) in [4.78, 5) is 67.2. The molecule has 12 heteroatoms. The quantitative estimate of drug-likeness (QED) is 0.128. The SMILES string of the molecule is CC(=O)c1c2nc(c(C(C)=O)c3[nH]c(cc4nc(cc5[nH]c1c(C)c5CCC(=O)O)C(CCC(=O)O)=C4C)c(C)c3C(C)O)C(C)=C2C(C)O. The lowest BCUT2D eigenvalue weighted by Gasteiger charge is -2.11. The second kappa shape index (κ2) is 13.6. The minimum absolute atomic E-state index is 0.119. The van der Waals surface area contributed by atoms with Crippen molar-refractivity contribution in [2.75, 3.05) is 0 Å². The van der Waals surface area contributed by atoms with Crippen molar-refractivity contribution in [3.05, 3.63) is 68.3 Å². The monoisotopic (exact) mass is 682 g/mol. The lowest BCUT2D eigenvalue weighted by atomic mass is 9.94. The Morgan fingerprint density at radius 2 is 1.26 bits per heavy atom. The number of ketones is 2. The van der Waals surface area contributed by atoms with Crippen LogP contribution < -0.4 is 0 Å². The van der Waals surface area contributed by atoms with Crippen molar-refractivity contribution in [1.82, 2.24) is 19.9 Å². The van der Waals surface area contributed by atoms with Gasteiger partial charge in [-0.25, -0.2) is 9.97 Å². The van der Waals surface area contributed by atoms with Gasteiger partial charge in [-0.1, -0.05) is 0 Å². The largest absolute Gasteiger partial charge is 0.481 e. The average Bonchev–Trinajstić information content (AvgIpc) is 3.69. The number of carbonyl (C=O) groups is 4. The number of hydrogen-bond acceptors (Lipinski definition) is 8. The zero-order chi connectivity index (χ0) is 36.9. The van der Waals surface area contributed by atoms with E-state index < -0.39 is 24.1 Å². The zero-order valence-corrected chi connectivity index (χ0v) is 29.5. The molecule has 262 valence electrons. The highest BCUT2D eigenvalue weighted by Crippen LogP contribution is 2.41. The molecule has 2 atom stereocenters. The minimum Gasteiger partial charge on any atom is -0.481 e. The Kier molecular flexibility index (Phi) is 9.82. The van der Waals surface area contributed by atoms with Crippen LogP contribution in [0.3, 0.4) is 0 Å². The van der Waals surface area contributed by atoms with E-state index in [0.717, 1.165) is 5.57 Å². The van der Waals surface area contributed by atoms with Gasteiger partial charge in [0, 0.05) is 35.0 Å². The summed E-state index contributed by atoms with van der Waals surface area (Å²) >= 11 is 0. The number of aliphatic carboxylic acids is 2. The van der Waals surface area contributed by atoms with Crippen LogP contribution in [-0.4, -0.2) is 70.0 Å². The van der Waals surface area contributed by atoms with Crippen LogP contribution in [0.15, 0.2) is 12.1 Å². The fourth-order valence-electron chi connectivity index (χ4n) is 7.21. The molecule has 6 N–H and O–H groups in total. The number of fused-ring (bicyclic) bond motifs is 8. The molecule has 0 aromatic carbocycles. The third-order valence-corrected chi connectivity index (χ3v) is 9.63. The van der Waals surface area contributed by atoms with Gasteiger partial charge in [-0.15, -0.1) is 0 Å². The van der Waals surface area contributed by atoms with Gasteiger partial charge in [-0.05, 0) is 114 Å². The number of carbonyl (C=O) groups excluding carboxylic acids is 2. The zero-order valence-electron chi connectivity index (χ0n) is 29.5. The molecule has 0 saturated heterocycles. The number of rotatable bonds is 10. The number of hydrogen-bond donors (Lipinski definition) is 6. The van der Waals surface area contributed by atoms with E-state index in [1.54, 1.807) is 39.8 Å². The van der Waals surface area contributed by atoms with Crippen LogP contribution in [0.25, 0.3) is 44.4 Å². The number of aromatic amines is 2. The number of aliphatic hydroxyl groups excluding tert-OH is 2. The highest BCUT2D eigenvalue weighted by Gasteiger charge is 2.31. The molecule has 8 bridgehead atoms. The minimum atomic E-state index is -1.10. The van der Waals surface area contributed by atoms with Crippen LogP contribution in [0, 0.1) is 13.8 Å². The third-order valence-electron chi connectivity index (χ3n) is 9.63. The summed E-state index contributed by atoms with van der Waals surface area (Å²) in [7, 11) is 0. The Labute approximate surface area is 288 Å². The van der Waals surface area contributed by atoms with Crippen LogP contribution in [0.5, 0.6) is 0 Å². The average molecular weight is 683 g/mol. The van der Waals surface area contributed by atoms with E-state index in [9.17, 15) is 39.6 Å². The van der Waals surface area contributed by atoms with Crippen LogP contribution in [0.1, 0.15) is 133 Å². The number of Topliss-reactive ketones (excluding diaryl/α,β-unsaturated/α-hetero) is 2. The molecule has 0 spiro atoms. The molecule has 2 aliphatic rings.